The van der Waals surface area contributed by atoms with Crippen LogP contribution in [0.1, 0.15) is 43.2 Å². The van der Waals surface area contributed by atoms with E-state index in [-0.39, 0.29) is 5.91 Å². The summed E-state index contributed by atoms with van der Waals surface area (Å²) in [5.41, 5.74) is 1.24. The van der Waals surface area contributed by atoms with Crippen molar-refractivity contribution in [3.8, 4) is 0 Å². The Morgan fingerprint density at radius 3 is 2.50 bits per heavy atom. The van der Waals surface area contributed by atoms with Gasteiger partial charge in [0.2, 0.25) is 0 Å². The van der Waals surface area contributed by atoms with Crippen molar-refractivity contribution in [2.45, 2.75) is 46.7 Å². The summed E-state index contributed by atoms with van der Waals surface area (Å²) >= 11 is 0. The first-order chi connectivity index (χ1) is 9.25. The van der Waals surface area contributed by atoms with E-state index in [0.717, 1.165) is 18.7 Å². The van der Waals surface area contributed by atoms with Crippen LogP contribution < -0.4 is 0 Å². The van der Waals surface area contributed by atoms with Gasteiger partial charge in [0.05, 0.1) is 11.8 Å². The molecule has 0 fully saturated rings. The summed E-state index contributed by atoms with van der Waals surface area (Å²) in [5.74, 6) is -0.772. The summed E-state index contributed by atoms with van der Waals surface area (Å²) in [6.45, 7) is 8.34. The maximum Gasteiger partial charge on any atom is 0.326 e. The normalized spacial score (nSPS) is 12.5. The Morgan fingerprint density at radius 2 is 2.00 bits per heavy atom. The molecule has 1 heterocycles. The maximum atomic E-state index is 12.3. The fourth-order valence-corrected chi connectivity index (χ4v) is 1.79. The van der Waals surface area contributed by atoms with E-state index in [0.29, 0.717) is 11.5 Å². The minimum absolute atomic E-state index is 0.312. The van der Waals surface area contributed by atoms with Gasteiger partial charge in [-0.1, -0.05) is 13.8 Å². The van der Waals surface area contributed by atoms with Gasteiger partial charge in [-0.25, -0.2) is 4.79 Å². The number of carbonyl (C=O) groups excluding carboxylic acids is 1. The molecule has 1 N–H and O–H groups in total. The highest BCUT2D eigenvalue weighted by Crippen LogP contribution is 2.13. The summed E-state index contributed by atoms with van der Waals surface area (Å²) < 4.78 is 1.80. The van der Waals surface area contributed by atoms with E-state index in [4.69, 9.17) is 5.11 Å². The molecule has 0 aliphatic rings. The molecule has 0 spiro atoms. The van der Waals surface area contributed by atoms with Crippen LogP contribution in [-0.4, -0.2) is 44.8 Å². The fraction of sp³-hybridized carbons (Fsp3) is 0.643. The zero-order chi connectivity index (χ0) is 15.4. The van der Waals surface area contributed by atoms with Crippen molar-refractivity contribution in [2.24, 2.45) is 5.92 Å². The van der Waals surface area contributed by atoms with Crippen LogP contribution in [0.2, 0.25) is 0 Å². The number of rotatable bonds is 6. The van der Waals surface area contributed by atoms with Gasteiger partial charge in [-0.05, 0) is 26.2 Å². The lowest BCUT2D eigenvalue weighted by Gasteiger charge is -2.21. The Labute approximate surface area is 119 Å². The number of carbonyl (C=O) groups is 2. The van der Waals surface area contributed by atoms with Gasteiger partial charge in [-0.15, -0.1) is 0 Å². The molecule has 0 aliphatic carbocycles. The zero-order valence-corrected chi connectivity index (χ0v) is 12.8. The Kier molecular flexibility index (Phi) is 5.30. The van der Waals surface area contributed by atoms with Gasteiger partial charge in [-0.2, -0.15) is 5.10 Å². The second-order valence-corrected chi connectivity index (χ2v) is 5.48. The molecule has 1 aromatic rings. The number of hydrogen-bond acceptors (Lipinski definition) is 3. The molecule has 1 aromatic heterocycles. The van der Waals surface area contributed by atoms with Crippen LogP contribution in [0.4, 0.5) is 0 Å². The summed E-state index contributed by atoms with van der Waals surface area (Å²) in [6, 6.07) is -0.860. The van der Waals surface area contributed by atoms with Gasteiger partial charge in [-0.3, -0.25) is 9.48 Å². The molecule has 6 heteroatoms. The van der Waals surface area contributed by atoms with E-state index in [2.05, 4.69) is 18.9 Å². The molecule has 0 saturated heterocycles. The molecule has 1 unspecified atom stereocenters. The number of aryl methyl sites for hydroxylation is 1. The van der Waals surface area contributed by atoms with Crippen LogP contribution in [0.3, 0.4) is 0 Å². The zero-order valence-electron chi connectivity index (χ0n) is 12.8. The number of nitrogens with zero attached hydrogens (tertiary/aromatic N) is 3. The van der Waals surface area contributed by atoms with Crippen LogP contribution in [-0.2, 0) is 11.3 Å². The van der Waals surface area contributed by atoms with Crippen molar-refractivity contribution in [3.05, 3.63) is 17.5 Å². The molecular formula is C14H23N3O3. The first kappa shape index (κ1) is 16.2. The molecular weight excluding hydrogens is 258 g/mol. The SMILES string of the molecule is Cc1c(C(=O)N(C)C(C)C(=O)O)cnn1CCC(C)C. The molecule has 0 aliphatic heterocycles. The minimum Gasteiger partial charge on any atom is -0.480 e. The predicted octanol–water partition coefficient (Wildman–Crippen LogP) is 1.78. The predicted molar refractivity (Wildman–Crippen MR) is 75.6 cm³/mol. The first-order valence-corrected chi connectivity index (χ1v) is 6.78. The lowest BCUT2D eigenvalue weighted by Crippen LogP contribution is -2.40. The van der Waals surface area contributed by atoms with Crippen molar-refractivity contribution in [3.63, 3.8) is 0 Å². The van der Waals surface area contributed by atoms with Crippen LogP contribution in [0.15, 0.2) is 6.20 Å². The van der Waals surface area contributed by atoms with E-state index >= 15 is 0 Å². The Hall–Kier alpha value is -1.85. The number of amides is 1. The van der Waals surface area contributed by atoms with Crippen molar-refractivity contribution >= 4 is 11.9 Å². The molecule has 6 nitrogen and oxygen atoms in total. The number of aliphatic carboxylic acids is 1. The molecule has 0 aromatic carbocycles. The molecule has 0 radical (unpaired) electrons. The fourth-order valence-electron chi connectivity index (χ4n) is 1.79. The van der Waals surface area contributed by atoms with Crippen molar-refractivity contribution in [1.82, 2.24) is 14.7 Å². The van der Waals surface area contributed by atoms with Gasteiger partial charge >= 0.3 is 5.97 Å². The number of carboxylic acids is 1. The second kappa shape index (κ2) is 6.54. The van der Waals surface area contributed by atoms with E-state index in [1.54, 1.807) is 4.68 Å². The highest BCUT2D eigenvalue weighted by atomic mass is 16.4. The third-order valence-corrected chi connectivity index (χ3v) is 3.51. The highest BCUT2D eigenvalue weighted by molar-refractivity contribution is 5.97. The summed E-state index contributed by atoms with van der Waals surface area (Å²) in [5, 5.41) is 13.2. The molecule has 0 saturated carbocycles. The summed E-state index contributed by atoms with van der Waals surface area (Å²) in [6.07, 6.45) is 2.50. The monoisotopic (exact) mass is 281 g/mol. The molecule has 1 atom stereocenters. The van der Waals surface area contributed by atoms with Gasteiger partial charge < -0.3 is 10.0 Å². The molecule has 1 amide bonds. The Morgan fingerprint density at radius 1 is 1.40 bits per heavy atom. The number of likely N-dealkylation sites (N-methyl/N-ethyl adjacent to an activating group) is 1. The average molecular weight is 281 g/mol. The van der Waals surface area contributed by atoms with Gasteiger partial charge in [0.1, 0.15) is 6.04 Å². The van der Waals surface area contributed by atoms with Crippen LogP contribution in [0.25, 0.3) is 0 Å². The van der Waals surface area contributed by atoms with Gasteiger partial charge in [0, 0.05) is 19.3 Å². The van der Waals surface area contributed by atoms with Gasteiger partial charge in [0.15, 0.2) is 0 Å². The van der Waals surface area contributed by atoms with E-state index in [9.17, 15) is 9.59 Å². The lowest BCUT2D eigenvalue weighted by atomic mass is 10.1. The minimum atomic E-state index is -1.02. The highest BCUT2D eigenvalue weighted by Gasteiger charge is 2.25. The van der Waals surface area contributed by atoms with E-state index in [1.165, 1.54) is 25.1 Å². The third kappa shape index (κ3) is 3.59. The van der Waals surface area contributed by atoms with Crippen LogP contribution in [0.5, 0.6) is 0 Å². The third-order valence-electron chi connectivity index (χ3n) is 3.51. The van der Waals surface area contributed by atoms with Crippen molar-refractivity contribution < 1.29 is 14.7 Å². The Bertz CT molecular complexity index is 494. The van der Waals surface area contributed by atoms with E-state index < -0.39 is 12.0 Å². The first-order valence-electron chi connectivity index (χ1n) is 6.78. The number of aromatic nitrogens is 2. The smallest absolute Gasteiger partial charge is 0.326 e. The number of carboxylic acid groups (broad SMARTS) is 1. The second-order valence-electron chi connectivity index (χ2n) is 5.48. The largest absolute Gasteiger partial charge is 0.480 e. The van der Waals surface area contributed by atoms with Crippen molar-refractivity contribution in [1.29, 1.82) is 0 Å². The summed E-state index contributed by atoms with van der Waals surface area (Å²) in [4.78, 5) is 24.4. The molecule has 112 valence electrons. The topological polar surface area (TPSA) is 75.4 Å². The standard InChI is InChI=1S/C14H23N3O3/c1-9(2)6-7-17-10(3)12(8-15-17)13(18)16(5)11(4)14(19)20/h8-9,11H,6-7H2,1-5H3,(H,19,20). The van der Waals surface area contributed by atoms with Crippen molar-refractivity contribution in [2.75, 3.05) is 7.05 Å². The molecule has 20 heavy (non-hydrogen) atoms. The average Bonchev–Trinajstić information content (AvgIpc) is 2.74. The molecule has 0 bridgehead atoms. The van der Waals surface area contributed by atoms with Crippen LogP contribution in [0, 0.1) is 12.8 Å². The quantitative estimate of drug-likeness (QED) is 0.862. The lowest BCUT2D eigenvalue weighted by molar-refractivity contribution is -0.141. The van der Waals surface area contributed by atoms with Gasteiger partial charge in [0.25, 0.3) is 5.91 Å². The van der Waals surface area contributed by atoms with E-state index in [1.807, 2.05) is 6.92 Å². The Balaban J connectivity index is 2.87. The summed E-state index contributed by atoms with van der Waals surface area (Å²) in [7, 11) is 1.49. The molecule has 1 rings (SSSR count). The number of hydrogen-bond donors (Lipinski definition) is 1. The van der Waals surface area contributed by atoms with Crippen LogP contribution >= 0.6 is 0 Å². The maximum absolute atomic E-state index is 12.3.